The van der Waals surface area contributed by atoms with Crippen molar-refractivity contribution in [2.45, 2.75) is 51.3 Å². The van der Waals surface area contributed by atoms with E-state index < -0.39 is 24.6 Å². The van der Waals surface area contributed by atoms with Crippen LogP contribution in [0.5, 0.6) is 5.75 Å². The normalized spacial score (nSPS) is 17.2. The van der Waals surface area contributed by atoms with E-state index in [9.17, 15) is 14.8 Å². The molecule has 1 amide bonds. The summed E-state index contributed by atoms with van der Waals surface area (Å²) in [5, 5.41) is 26.8. The number of nitrogens with one attached hydrogen (secondary N) is 1. The van der Waals surface area contributed by atoms with Crippen LogP contribution in [0.25, 0.3) is 11.1 Å². The van der Waals surface area contributed by atoms with Crippen molar-refractivity contribution in [1.29, 1.82) is 0 Å². The highest BCUT2D eigenvalue weighted by molar-refractivity contribution is 6.43. The molecular weight excluding hydrogens is 507 g/mol. The number of benzene rings is 3. The van der Waals surface area contributed by atoms with Crippen molar-refractivity contribution in [3.05, 3.63) is 90.0 Å². The molecule has 40 heavy (non-hydrogen) atoms. The first-order valence-electron chi connectivity index (χ1n) is 13.5. The first-order chi connectivity index (χ1) is 19.3. The minimum Gasteiger partial charge on any atom is -0.496 e. The van der Waals surface area contributed by atoms with Crippen LogP contribution in [0.1, 0.15) is 37.8 Å². The summed E-state index contributed by atoms with van der Waals surface area (Å²) in [6.45, 7) is 4.46. The number of hydrogen-bond donors (Lipinski definition) is 3. The van der Waals surface area contributed by atoms with E-state index in [2.05, 4.69) is 16.5 Å². The fraction of sp³-hybridized carbons (Fsp3) is 0.355. The van der Waals surface area contributed by atoms with Gasteiger partial charge in [0.25, 0.3) is 5.91 Å². The predicted molar refractivity (Wildman–Crippen MR) is 156 cm³/mol. The summed E-state index contributed by atoms with van der Waals surface area (Å²) >= 11 is 0. The van der Waals surface area contributed by atoms with Crippen LogP contribution < -0.4 is 10.1 Å². The number of rotatable bonds is 13. The Balaban J connectivity index is 1.42. The molecular formula is C31H37BN2O6. The molecule has 0 aliphatic carbocycles. The first kappa shape index (κ1) is 29.3. The molecule has 0 spiro atoms. The van der Waals surface area contributed by atoms with Crippen molar-refractivity contribution in [2.75, 3.05) is 13.7 Å². The number of methoxy groups -OCH3 is 1. The molecule has 3 aromatic carbocycles. The van der Waals surface area contributed by atoms with Gasteiger partial charge in [0, 0.05) is 18.4 Å². The molecule has 0 aromatic heterocycles. The highest BCUT2D eigenvalue weighted by Gasteiger charge is 2.48. The lowest BCUT2D eigenvalue weighted by atomic mass is 9.74. The number of oxime groups is 1. The van der Waals surface area contributed by atoms with Crippen molar-refractivity contribution < 1.29 is 29.2 Å². The Kier molecular flexibility index (Phi) is 9.98. The molecule has 0 fully saturated rings. The van der Waals surface area contributed by atoms with Gasteiger partial charge in [-0.1, -0.05) is 85.7 Å². The Labute approximate surface area is 236 Å². The molecule has 210 valence electrons. The number of carbonyl (C=O) groups excluding carboxylic acids is 1. The average Bonchev–Trinajstić information content (AvgIpc) is 3.36. The second-order valence-corrected chi connectivity index (χ2v) is 10.6. The maximum atomic E-state index is 13.6. The van der Waals surface area contributed by atoms with E-state index in [1.165, 1.54) is 0 Å². The van der Waals surface area contributed by atoms with Crippen LogP contribution in [0.15, 0.2) is 84.0 Å². The van der Waals surface area contributed by atoms with Crippen molar-refractivity contribution in [1.82, 2.24) is 5.32 Å². The van der Waals surface area contributed by atoms with E-state index in [-0.39, 0.29) is 25.4 Å². The lowest BCUT2D eigenvalue weighted by Gasteiger charge is -2.29. The van der Waals surface area contributed by atoms with E-state index in [0.29, 0.717) is 18.7 Å². The van der Waals surface area contributed by atoms with Crippen molar-refractivity contribution >= 4 is 18.7 Å². The Morgan fingerprint density at radius 3 is 2.48 bits per heavy atom. The summed E-state index contributed by atoms with van der Waals surface area (Å²) in [5.41, 5.74) is 3.23. The van der Waals surface area contributed by atoms with E-state index in [1.807, 2.05) is 86.6 Å². The van der Waals surface area contributed by atoms with Crippen LogP contribution in [0.2, 0.25) is 0 Å². The smallest absolute Gasteiger partial charge is 0.475 e. The molecule has 1 heterocycles. The molecule has 0 saturated heterocycles. The number of nitrogens with zero attached hydrogens (tertiary/aromatic N) is 1. The van der Waals surface area contributed by atoms with Gasteiger partial charge in [-0.15, -0.1) is 0 Å². The molecule has 3 aromatic rings. The zero-order chi connectivity index (χ0) is 28.5. The van der Waals surface area contributed by atoms with Gasteiger partial charge in [-0.25, -0.2) is 0 Å². The third-order valence-electron chi connectivity index (χ3n) is 6.87. The van der Waals surface area contributed by atoms with Crippen LogP contribution in [0, 0.1) is 5.92 Å². The number of para-hydroxylation sites is 1. The number of carbonyl (C=O) groups is 1. The van der Waals surface area contributed by atoms with Crippen LogP contribution in [0.4, 0.5) is 0 Å². The van der Waals surface area contributed by atoms with Crippen LogP contribution in [-0.2, 0) is 27.4 Å². The van der Waals surface area contributed by atoms with E-state index >= 15 is 0 Å². The number of hydrogen-bond acceptors (Lipinski definition) is 7. The summed E-state index contributed by atoms with van der Waals surface area (Å²) in [6.07, 6.45) is 0.921. The molecule has 0 saturated carbocycles. The van der Waals surface area contributed by atoms with Crippen molar-refractivity contribution in [2.24, 2.45) is 11.1 Å². The molecule has 1 aliphatic rings. The van der Waals surface area contributed by atoms with Gasteiger partial charge in [-0.3, -0.25) is 4.79 Å². The molecule has 8 nitrogen and oxygen atoms in total. The minimum atomic E-state index is -1.68. The second kappa shape index (κ2) is 13.6. The van der Waals surface area contributed by atoms with E-state index in [1.54, 1.807) is 7.11 Å². The van der Waals surface area contributed by atoms with Crippen molar-refractivity contribution in [3.8, 4) is 16.9 Å². The van der Waals surface area contributed by atoms with E-state index in [4.69, 9.17) is 14.3 Å². The van der Waals surface area contributed by atoms with Gasteiger partial charge in [0.05, 0.1) is 32.0 Å². The van der Waals surface area contributed by atoms with Gasteiger partial charge in [0.1, 0.15) is 5.75 Å². The van der Waals surface area contributed by atoms with E-state index in [0.717, 1.165) is 28.0 Å². The average molecular weight is 544 g/mol. The molecule has 1 unspecified atom stereocenters. The lowest BCUT2D eigenvalue weighted by Crippen LogP contribution is -2.56. The van der Waals surface area contributed by atoms with Crippen LogP contribution >= 0.6 is 0 Å². The van der Waals surface area contributed by atoms with Gasteiger partial charge in [-0.05, 0) is 41.2 Å². The molecule has 4 rings (SSSR count). The highest BCUT2D eigenvalue weighted by atomic mass is 16.7. The number of amides is 1. The van der Waals surface area contributed by atoms with Crippen LogP contribution in [-0.4, -0.2) is 54.0 Å². The Morgan fingerprint density at radius 1 is 1.02 bits per heavy atom. The standard InChI is InChI=1S/C31H37BN2O6/c1-22(2)16-29(32(36)37)33-30(35)31(18-23-10-5-4-6-11-23)19-26(34-40-31)21-39-20-24-12-9-13-25(17-24)27-14-7-8-15-28(27)38-3/h4-15,17,22,29,36-37H,16,18-21H2,1-3H3,(H,33,35)/t29-,31?/m0/s1. The molecule has 0 radical (unpaired) electrons. The summed E-state index contributed by atoms with van der Waals surface area (Å²) in [6, 6.07) is 25.5. The van der Waals surface area contributed by atoms with Gasteiger partial charge in [-0.2, -0.15) is 0 Å². The SMILES string of the molecule is COc1ccccc1-c1cccc(COCC2=NOC(Cc3ccccc3)(C(=O)N[C@@H](CC(C)C)B(O)O)C2)c1. The van der Waals surface area contributed by atoms with Gasteiger partial charge in [0.15, 0.2) is 0 Å². The van der Waals surface area contributed by atoms with Gasteiger partial charge >= 0.3 is 7.12 Å². The molecule has 1 aliphatic heterocycles. The Morgan fingerprint density at radius 2 is 1.75 bits per heavy atom. The largest absolute Gasteiger partial charge is 0.496 e. The predicted octanol–water partition coefficient (Wildman–Crippen LogP) is 4.18. The summed E-state index contributed by atoms with van der Waals surface area (Å²) in [4.78, 5) is 19.4. The molecule has 0 bridgehead atoms. The minimum absolute atomic E-state index is 0.156. The summed E-state index contributed by atoms with van der Waals surface area (Å²) in [7, 11) is -0.0260. The van der Waals surface area contributed by atoms with Gasteiger partial charge in [0.2, 0.25) is 5.60 Å². The zero-order valence-electron chi connectivity index (χ0n) is 23.2. The Hall–Kier alpha value is -3.66. The maximum Gasteiger partial charge on any atom is 0.475 e. The third kappa shape index (κ3) is 7.50. The topological polar surface area (TPSA) is 110 Å². The number of ether oxygens (including phenoxy) is 2. The molecule has 3 N–H and O–H groups in total. The first-order valence-corrected chi connectivity index (χ1v) is 13.5. The van der Waals surface area contributed by atoms with Gasteiger partial charge < -0.3 is 29.7 Å². The van der Waals surface area contributed by atoms with Crippen LogP contribution in [0.3, 0.4) is 0 Å². The third-order valence-corrected chi connectivity index (χ3v) is 6.87. The fourth-order valence-corrected chi connectivity index (χ4v) is 4.91. The molecule has 9 heteroatoms. The van der Waals surface area contributed by atoms with Crippen molar-refractivity contribution in [3.63, 3.8) is 0 Å². The second-order valence-electron chi connectivity index (χ2n) is 10.6. The fourth-order valence-electron chi connectivity index (χ4n) is 4.91. The monoisotopic (exact) mass is 544 g/mol. The highest BCUT2D eigenvalue weighted by Crippen LogP contribution is 2.31. The molecule has 2 atom stereocenters. The zero-order valence-corrected chi connectivity index (χ0v) is 23.2. The quantitative estimate of drug-likeness (QED) is 0.279. The summed E-state index contributed by atoms with van der Waals surface area (Å²) in [5.74, 6) is -0.295. The Bertz CT molecular complexity index is 1300. The summed E-state index contributed by atoms with van der Waals surface area (Å²) < 4.78 is 11.5. The lowest BCUT2D eigenvalue weighted by molar-refractivity contribution is -0.144. The maximum absolute atomic E-state index is 13.6.